The van der Waals surface area contributed by atoms with Crippen molar-refractivity contribution >= 4 is 14.7 Å². The molecule has 0 unspecified atom stereocenters. The second-order valence-electron chi connectivity index (χ2n) is 5.19. The van der Waals surface area contributed by atoms with Crippen LogP contribution >= 0.6 is 0 Å². The Labute approximate surface area is 88.6 Å². The van der Waals surface area contributed by atoms with Crippen molar-refractivity contribution in [2.24, 2.45) is 0 Å². The Bertz CT molecular complexity index is 187. The van der Waals surface area contributed by atoms with Gasteiger partial charge in [0.25, 0.3) is 0 Å². The van der Waals surface area contributed by atoms with E-state index in [4.69, 9.17) is 4.43 Å². The van der Waals surface area contributed by atoms with Gasteiger partial charge in [0.1, 0.15) is 0 Å². The Hall–Kier alpha value is -0.353. The molecule has 0 heterocycles. The van der Waals surface area contributed by atoms with Crippen LogP contribution < -0.4 is 0 Å². The fraction of sp³-hybridized carbons (Fsp3) is 0.900. The van der Waals surface area contributed by atoms with E-state index in [9.17, 15) is 4.79 Å². The summed E-state index contributed by atoms with van der Waals surface area (Å²) < 4.78 is 5.90. The van der Waals surface area contributed by atoms with Crippen LogP contribution in [0, 0.1) is 0 Å². The van der Waals surface area contributed by atoms with Crippen LogP contribution in [0.25, 0.3) is 0 Å². The maximum Gasteiger partial charge on any atom is 0.209 e. The average Bonchev–Trinajstić information content (AvgIpc) is 2.01. The van der Waals surface area contributed by atoms with Gasteiger partial charge in [-0.25, -0.2) is 0 Å². The summed E-state index contributed by atoms with van der Waals surface area (Å²) in [6.07, 6.45) is 0.828. The summed E-state index contributed by atoms with van der Waals surface area (Å²) in [4.78, 5) is 11.9. The molecule has 0 fully saturated rings. The zero-order chi connectivity index (χ0) is 11.4. The lowest BCUT2D eigenvalue weighted by atomic mass is 10.2. The zero-order valence-corrected chi connectivity index (χ0v) is 11.3. The lowest BCUT2D eigenvalue weighted by Gasteiger charge is -2.36. The third kappa shape index (κ3) is 4.24. The molecule has 4 heteroatoms. The summed E-state index contributed by atoms with van der Waals surface area (Å²) in [6.45, 7) is 12.4. The van der Waals surface area contributed by atoms with Crippen LogP contribution in [-0.2, 0) is 9.22 Å². The smallest absolute Gasteiger partial charge is 0.209 e. The predicted molar refractivity (Wildman–Crippen MR) is 61.8 cm³/mol. The molecule has 0 aliphatic heterocycles. The van der Waals surface area contributed by atoms with E-state index in [1.807, 2.05) is 0 Å². The number of carbonyl (C=O) groups excluding carboxylic acids is 1. The number of hydrogen-bond acceptors (Lipinski definition) is 2. The van der Waals surface area contributed by atoms with E-state index in [1.54, 1.807) is 11.9 Å². The molecule has 0 spiro atoms. The number of carbonyl (C=O) groups is 1. The molecule has 0 aliphatic carbocycles. The molecule has 0 bridgehead atoms. The van der Waals surface area contributed by atoms with E-state index in [0.29, 0.717) is 13.2 Å². The first-order valence-corrected chi connectivity index (χ1v) is 7.91. The van der Waals surface area contributed by atoms with Gasteiger partial charge < -0.3 is 9.33 Å². The molecule has 0 saturated heterocycles. The molecule has 0 N–H and O–H groups in total. The van der Waals surface area contributed by atoms with Gasteiger partial charge >= 0.3 is 0 Å². The van der Waals surface area contributed by atoms with Crippen molar-refractivity contribution in [3.8, 4) is 0 Å². The highest BCUT2D eigenvalue weighted by Gasteiger charge is 2.36. The van der Waals surface area contributed by atoms with Gasteiger partial charge in [0, 0.05) is 13.6 Å². The number of rotatable bonds is 5. The molecule has 0 aromatic rings. The second kappa shape index (κ2) is 4.93. The lowest BCUT2D eigenvalue weighted by molar-refractivity contribution is -0.117. The topological polar surface area (TPSA) is 29.5 Å². The van der Waals surface area contributed by atoms with E-state index in [-0.39, 0.29) is 5.04 Å². The molecular weight excluding hydrogens is 194 g/mol. The normalized spacial score (nSPS) is 12.7. The molecule has 0 radical (unpaired) electrons. The van der Waals surface area contributed by atoms with Crippen LogP contribution in [-0.4, -0.2) is 39.8 Å². The van der Waals surface area contributed by atoms with Gasteiger partial charge in [0.15, 0.2) is 8.32 Å². The highest BCUT2D eigenvalue weighted by molar-refractivity contribution is 6.74. The van der Waals surface area contributed by atoms with Crippen molar-refractivity contribution in [3.63, 3.8) is 0 Å². The summed E-state index contributed by atoms with van der Waals surface area (Å²) in [7, 11) is 0.139. The molecule has 1 amide bonds. The monoisotopic (exact) mass is 217 g/mol. The molecule has 0 aromatic heterocycles. The van der Waals surface area contributed by atoms with Gasteiger partial charge in [-0.15, -0.1) is 0 Å². The molecule has 0 saturated carbocycles. The Kier molecular flexibility index (Phi) is 4.81. The second-order valence-corrected chi connectivity index (χ2v) is 10.0. The van der Waals surface area contributed by atoms with Crippen molar-refractivity contribution in [1.82, 2.24) is 4.90 Å². The minimum atomic E-state index is -1.63. The molecular formula is C10H23NO2Si. The van der Waals surface area contributed by atoms with E-state index in [0.717, 1.165) is 6.41 Å². The Morgan fingerprint density at radius 1 is 1.36 bits per heavy atom. The highest BCUT2D eigenvalue weighted by Crippen LogP contribution is 2.36. The van der Waals surface area contributed by atoms with Crippen LogP contribution in [0.5, 0.6) is 0 Å². The Balaban J connectivity index is 3.95. The van der Waals surface area contributed by atoms with E-state index < -0.39 is 8.32 Å². The maximum atomic E-state index is 10.3. The van der Waals surface area contributed by atoms with Gasteiger partial charge in [0.2, 0.25) is 6.41 Å². The third-order valence-corrected chi connectivity index (χ3v) is 7.43. The largest absolute Gasteiger partial charge is 0.415 e. The molecule has 0 aromatic carbocycles. The minimum absolute atomic E-state index is 0.243. The zero-order valence-electron chi connectivity index (χ0n) is 10.3. The number of nitrogens with zero attached hydrogens (tertiary/aromatic N) is 1. The summed E-state index contributed by atoms with van der Waals surface area (Å²) in [6, 6.07) is 0. The number of likely N-dealkylation sites (N-methyl/N-ethyl adjacent to an activating group) is 1. The van der Waals surface area contributed by atoms with Crippen molar-refractivity contribution in [3.05, 3.63) is 0 Å². The van der Waals surface area contributed by atoms with E-state index in [1.165, 1.54) is 0 Å². The van der Waals surface area contributed by atoms with Crippen LogP contribution in [0.15, 0.2) is 0 Å². The number of amides is 1. The van der Waals surface area contributed by atoms with Gasteiger partial charge in [-0.2, -0.15) is 0 Å². The fourth-order valence-electron chi connectivity index (χ4n) is 0.714. The summed E-state index contributed by atoms with van der Waals surface area (Å²) in [5.41, 5.74) is 0. The summed E-state index contributed by atoms with van der Waals surface area (Å²) >= 11 is 0. The van der Waals surface area contributed by atoms with Crippen LogP contribution in [0.3, 0.4) is 0 Å². The summed E-state index contributed by atoms with van der Waals surface area (Å²) in [5, 5.41) is 0.243. The van der Waals surface area contributed by atoms with Gasteiger partial charge in [-0.05, 0) is 18.1 Å². The Morgan fingerprint density at radius 3 is 2.21 bits per heavy atom. The van der Waals surface area contributed by atoms with Crippen molar-refractivity contribution in [2.75, 3.05) is 20.2 Å². The molecule has 0 aliphatic rings. The molecule has 0 atom stereocenters. The SMILES string of the molecule is CN(C=O)CCO[Si](C)(C)C(C)(C)C. The molecule has 3 nitrogen and oxygen atoms in total. The third-order valence-electron chi connectivity index (χ3n) is 2.89. The van der Waals surface area contributed by atoms with Crippen molar-refractivity contribution in [1.29, 1.82) is 0 Å². The van der Waals surface area contributed by atoms with Gasteiger partial charge in [-0.1, -0.05) is 20.8 Å². The van der Waals surface area contributed by atoms with Crippen molar-refractivity contribution in [2.45, 2.75) is 38.9 Å². The van der Waals surface area contributed by atoms with E-state index in [2.05, 4.69) is 33.9 Å². The van der Waals surface area contributed by atoms with Crippen LogP contribution in [0.1, 0.15) is 20.8 Å². The standard InChI is InChI=1S/C10H23NO2Si/c1-10(2,3)14(5,6)13-8-7-11(4)9-12/h9H,7-8H2,1-6H3. The molecule has 14 heavy (non-hydrogen) atoms. The molecule has 84 valence electrons. The number of hydrogen-bond donors (Lipinski definition) is 0. The van der Waals surface area contributed by atoms with Crippen molar-refractivity contribution < 1.29 is 9.22 Å². The highest BCUT2D eigenvalue weighted by atomic mass is 28.4. The van der Waals surface area contributed by atoms with Crippen LogP contribution in [0.2, 0.25) is 18.1 Å². The minimum Gasteiger partial charge on any atom is -0.415 e. The quantitative estimate of drug-likeness (QED) is 0.521. The van der Waals surface area contributed by atoms with Crippen LogP contribution in [0.4, 0.5) is 0 Å². The first kappa shape index (κ1) is 13.6. The summed E-state index contributed by atoms with van der Waals surface area (Å²) in [5.74, 6) is 0. The average molecular weight is 217 g/mol. The fourth-order valence-corrected chi connectivity index (χ4v) is 1.75. The van der Waals surface area contributed by atoms with E-state index >= 15 is 0 Å². The lowest BCUT2D eigenvalue weighted by Crippen LogP contribution is -2.42. The first-order chi connectivity index (χ1) is 6.20. The Morgan fingerprint density at radius 2 is 1.86 bits per heavy atom. The first-order valence-electron chi connectivity index (χ1n) is 5.00. The maximum absolute atomic E-state index is 10.3. The predicted octanol–water partition coefficient (Wildman–Crippen LogP) is 2.10. The van der Waals surface area contributed by atoms with Gasteiger partial charge in [0.05, 0.1) is 6.61 Å². The van der Waals surface area contributed by atoms with Gasteiger partial charge in [-0.3, -0.25) is 4.79 Å². The molecule has 0 rings (SSSR count).